The second-order valence-electron chi connectivity index (χ2n) is 2.80. The van der Waals surface area contributed by atoms with Gasteiger partial charge in [0.1, 0.15) is 5.56 Å². The number of nitrogens with one attached hydrogen (secondary N) is 1. The predicted octanol–water partition coefficient (Wildman–Crippen LogP) is 1.65. The molecule has 0 unspecified atom stereocenters. The first-order valence-electron chi connectivity index (χ1n) is 4.52. The van der Waals surface area contributed by atoms with E-state index in [1.54, 1.807) is 12.1 Å². The number of para-hydroxylation sites is 1. The molecule has 0 saturated carbocycles. The number of aromatic carboxylic acids is 1. The van der Waals surface area contributed by atoms with Crippen LogP contribution in [-0.2, 0) is 0 Å². The van der Waals surface area contributed by atoms with Gasteiger partial charge in [-0.15, -0.1) is 0 Å². The highest BCUT2D eigenvalue weighted by molar-refractivity contribution is 5.90. The maximum atomic E-state index is 10.4. The van der Waals surface area contributed by atoms with Crippen molar-refractivity contribution >= 4 is 5.97 Å². The number of carbonyl (C=O) groups is 1. The molecule has 5 nitrogen and oxygen atoms in total. The monoisotopic (exact) mass is 220 g/mol. The lowest BCUT2D eigenvalue weighted by molar-refractivity contribution is 0.0692. The van der Waals surface area contributed by atoms with E-state index in [2.05, 4.69) is 9.82 Å². The van der Waals surface area contributed by atoms with Crippen LogP contribution in [0.5, 0.6) is 5.75 Å². The number of rotatable bonds is 2. The van der Waals surface area contributed by atoms with Crippen molar-refractivity contribution in [3.05, 3.63) is 54.4 Å². The normalized spacial score (nSPS) is 8.81. The molecule has 0 saturated heterocycles. The molecule has 0 amide bonds. The van der Waals surface area contributed by atoms with Crippen molar-refractivity contribution < 1.29 is 14.7 Å². The molecule has 2 rings (SSSR count). The van der Waals surface area contributed by atoms with Gasteiger partial charge < -0.3 is 14.9 Å². The average Bonchev–Trinajstić information content (AvgIpc) is 2.87. The molecule has 1 heterocycles. The quantitative estimate of drug-likeness (QED) is 0.671. The zero-order chi connectivity index (χ0) is 11.8. The van der Waals surface area contributed by atoms with Gasteiger partial charge >= 0.3 is 5.97 Å². The van der Waals surface area contributed by atoms with E-state index in [0.29, 0.717) is 0 Å². The average molecular weight is 220 g/mol. The van der Waals surface area contributed by atoms with Crippen LogP contribution in [0.1, 0.15) is 10.4 Å². The summed E-state index contributed by atoms with van der Waals surface area (Å²) in [5.41, 5.74) is 0.0648. The third-order valence-corrected chi connectivity index (χ3v) is 1.74. The van der Waals surface area contributed by atoms with Crippen molar-refractivity contribution in [3.63, 3.8) is 0 Å². The van der Waals surface area contributed by atoms with E-state index in [9.17, 15) is 4.79 Å². The molecule has 0 atom stereocenters. The second kappa shape index (κ2) is 6.26. The molecule has 5 heteroatoms. The molecule has 0 spiro atoms. The third kappa shape index (κ3) is 3.47. The van der Waals surface area contributed by atoms with E-state index < -0.39 is 5.97 Å². The summed E-state index contributed by atoms with van der Waals surface area (Å²) >= 11 is 0. The lowest BCUT2D eigenvalue weighted by Gasteiger charge is -2.00. The summed E-state index contributed by atoms with van der Waals surface area (Å²) in [6, 6.07) is 10.1. The number of carboxylic acids is 1. The summed E-state index contributed by atoms with van der Waals surface area (Å²) in [5.74, 6) is 3.94. The van der Waals surface area contributed by atoms with Crippen LogP contribution in [0.25, 0.3) is 0 Å². The van der Waals surface area contributed by atoms with Crippen LogP contribution in [0.4, 0.5) is 0 Å². The molecule has 2 aromatic rings. The first kappa shape index (κ1) is 11.8. The standard InChI is InChI=1S/C7H7NO3.C4H5N/c8-11-6-4-2-1-3-5(6)7(9)10;1-2-4-5-3-1/h1-4H,8H2,(H,9,10);1-5H. The molecular weight excluding hydrogens is 208 g/mol. The summed E-state index contributed by atoms with van der Waals surface area (Å²) in [5, 5.41) is 8.56. The second-order valence-corrected chi connectivity index (χ2v) is 2.80. The number of carboxylic acid groups (broad SMARTS) is 1. The molecule has 0 aliphatic rings. The summed E-state index contributed by atoms with van der Waals surface area (Å²) in [4.78, 5) is 17.6. The number of hydrogen-bond donors (Lipinski definition) is 3. The van der Waals surface area contributed by atoms with Crippen molar-refractivity contribution in [1.29, 1.82) is 0 Å². The molecule has 84 valence electrons. The Hall–Kier alpha value is -2.27. The van der Waals surface area contributed by atoms with Crippen molar-refractivity contribution in [2.45, 2.75) is 0 Å². The SMILES string of the molecule is NOc1ccccc1C(=O)O.c1cc[nH]c1. The van der Waals surface area contributed by atoms with Crippen LogP contribution >= 0.6 is 0 Å². The van der Waals surface area contributed by atoms with Gasteiger partial charge in [0.25, 0.3) is 0 Å². The lowest BCUT2D eigenvalue weighted by Crippen LogP contribution is -2.07. The van der Waals surface area contributed by atoms with Crippen molar-refractivity contribution in [3.8, 4) is 5.75 Å². The number of nitrogens with two attached hydrogens (primary N) is 1. The zero-order valence-corrected chi connectivity index (χ0v) is 8.46. The Bertz CT molecular complexity index is 409. The summed E-state index contributed by atoms with van der Waals surface area (Å²) in [7, 11) is 0. The van der Waals surface area contributed by atoms with Crippen LogP contribution in [0.3, 0.4) is 0 Å². The lowest BCUT2D eigenvalue weighted by atomic mass is 10.2. The van der Waals surface area contributed by atoms with Crippen molar-refractivity contribution in [2.24, 2.45) is 5.90 Å². The van der Waals surface area contributed by atoms with Gasteiger partial charge in [0.2, 0.25) is 0 Å². The number of aromatic amines is 1. The molecule has 0 bridgehead atoms. The Morgan fingerprint density at radius 2 is 1.81 bits per heavy atom. The fraction of sp³-hybridized carbons (Fsp3) is 0. The maximum absolute atomic E-state index is 10.4. The van der Waals surface area contributed by atoms with Crippen LogP contribution in [0, 0.1) is 0 Å². The summed E-state index contributed by atoms with van der Waals surface area (Å²) < 4.78 is 0. The van der Waals surface area contributed by atoms with Crippen LogP contribution < -0.4 is 10.7 Å². The Morgan fingerprint density at radius 1 is 1.19 bits per heavy atom. The molecule has 0 aliphatic heterocycles. The smallest absolute Gasteiger partial charge is 0.339 e. The van der Waals surface area contributed by atoms with E-state index in [1.807, 2.05) is 24.5 Å². The van der Waals surface area contributed by atoms with Gasteiger partial charge in [0.05, 0.1) is 0 Å². The highest BCUT2D eigenvalue weighted by Gasteiger charge is 2.08. The van der Waals surface area contributed by atoms with Gasteiger partial charge in [0, 0.05) is 12.4 Å². The zero-order valence-electron chi connectivity index (χ0n) is 8.46. The maximum Gasteiger partial charge on any atom is 0.339 e. The van der Waals surface area contributed by atoms with Gasteiger partial charge in [-0.05, 0) is 24.3 Å². The number of aromatic nitrogens is 1. The molecule has 0 aliphatic carbocycles. The van der Waals surface area contributed by atoms with Crippen molar-refractivity contribution in [1.82, 2.24) is 4.98 Å². The van der Waals surface area contributed by atoms with Gasteiger partial charge in [-0.25, -0.2) is 4.79 Å². The number of hydrogen-bond acceptors (Lipinski definition) is 3. The van der Waals surface area contributed by atoms with E-state index in [4.69, 9.17) is 11.0 Å². The highest BCUT2D eigenvalue weighted by atomic mass is 16.6. The van der Waals surface area contributed by atoms with Crippen molar-refractivity contribution in [2.75, 3.05) is 0 Å². The minimum atomic E-state index is -1.05. The predicted molar refractivity (Wildman–Crippen MR) is 59.0 cm³/mol. The van der Waals surface area contributed by atoms with Gasteiger partial charge in [-0.3, -0.25) is 0 Å². The van der Waals surface area contributed by atoms with E-state index in [-0.39, 0.29) is 11.3 Å². The highest BCUT2D eigenvalue weighted by Crippen LogP contribution is 2.15. The molecule has 1 aromatic carbocycles. The first-order valence-corrected chi connectivity index (χ1v) is 4.52. The Kier molecular flexibility index (Phi) is 4.62. The van der Waals surface area contributed by atoms with Gasteiger partial charge in [-0.2, -0.15) is 5.90 Å². The molecule has 16 heavy (non-hydrogen) atoms. The minimum Gasteiger partial charge on any atom is -0.478 e. The third-order valence-electron chi connectivity index (χ3n) is 1.74. The van der Waals surface area contributed by atoms with Crippen LogP contribution in [0.2, 0.25) is 0 Å². The van der Waals surface area contributed by atoms with Gasteiger partial charge in [0.15, 0.2) is 5.75 Å². The molecule has 0 fully saturated rings. The molecule has 4 N–H and O–H groups in total. The fourth-order valence-electron chi connectivity index (χ4n) is 1.02. The molecular formula is C11H12N2O3. The Morgan fingerprint density at radius 3 is 2.19 bits per heavy atom. The number of benzene rings is 1. The number of H-pyrrole nitrogens is 1. The van der Waals surface area contributed by atoms with E-state index in [1.165, 1.54) is 12.1 Å². The topological polar surface area (TPSA) is 88.3 Å². The molecule has 1 aromatic heterocycles. The Balaban J connectivity index is 0.000000212. The first-order chi connectivity index (χ1) is 7.75. The van der Waals surface area contributed by atoms with E-state index in [0.717, 1.165) is 0 Å². The Labute approximate surface area is 92.4 Å². The van der Waals surface area contributed by atoms with Crippen LogP contribution in [-0.4, -0.2) is 16.1 Å². The summed E-state index contributed by atoms with van der Waals surface area (Å²) in [6.07, 6.45) is 3.75. The van der Waals surface area contributed by atoms with Gasteiger partial charge in [-0.1, -0.05) is 12.1 Å². The van der Waals surface area contributed by atoms with Crippen LogP contribution in [0.15, 0.2) is 48.8 Å². The minimum absolute atomic E-state index is 0.0648. The summed E-state index contributed by atoms with van der Waals surface area (Å²) in [6.45, 7) is 0. The molecule has 0 radical (unpaired) electrons. The van der Waals surface area contributed by atoms with E-state index >= 15 is 0 Å². The fourth-order valence-corrected chi connectivity index (χ4v) is 1.02. The largest absolute Gasteiger partial charge is 0.478 e.